The second-order valence-electron chi connectivity index (χ2n) is 4.19. The molecule has 0 saturated heterocycles. The molecule has 0 heterocycles. The van der Waals surface area contributed by atoms with Gasteiger partial charge in [0.1, 0.15) is 0 Å². The van der Waals surface area contributed by atoms with Crippen LogP contribution in [0.15, 0.2) is 53.3 Å². The number of benzene rings is 1. The summed E-state index contributed by atoms with van der Waals surface area (Å²) in [5, 5.41) is 10.4. The lowest BCUT2D eigenvalue weighted by atomic mass is 10.1. The molecule has 0 atom stereocenters. The molecule has 2 aromatic rings. The predicted octanol–water partition coefficient (Wildman–Crippen LogP) is 3.96. The summed E-state index contributed by atoms with van der Waals surface area (Å²) in [4.78, 5) is 23.5. The molecular weight excluding hydrogens is 311 g/mol. The molecule has 0 spiro atoms. The minimum Gasteiger partial charge on any atom is -0.504 e. The van der Waals surface area contributed by atoms with E-state index in [2.05, 4.69) is 0 Å². The van der Waals surface area contributed by atoms with Gasteiger partial charge in [0.05, 0.1) is 15.6 Å². The van der Waals surface area contributed by atoms with Crippen molar-refractivity contribution in [3.63, 3.8) is 0 Å². The highest BCUT2D eigenvalue weighted by Crippen LogP contribution is 2.26. The van der Waals surface area contributed by atoms with Gasteiger partial charge in [0.2, 0.25) is 5.43 Å². The molecular formula is C16H10Cl2O3. The van der Waals surface area contributed by atoms with Crippen molar-refractivity contribution in [3.8, 4) is 5.75 Å². The van der Waals surface area contributed by atoms with E-state index in [1.807, 2.05) is 0 Å². The molecule has 0 radical (unpaired) electrons. The standard InChI is InChI=1S/C16H10Cl2O3/c17-12-6-3-4-10(15(12)18)8-9-13(19)11-5-1-2-7-14(20)16(11)21/h1-9H,(H,20,21)/b9-8-. The second-order valence-corrected chi connectivity index (χ2v) is 4.97. The van der Waals surface area contributed by atoms with Crippen LogP contribution >= 0.6 is 23.2 Å². The first kappa shape index (κ1) is 15.3. The Morgan fingerprint density at radius 3 is 2.52 bits per heavy atom. The SMILES string of the molecule is O=C(/C=C\c1cccc(Cl)c1Cl)c1ccccc(=O)c1O. The Labute approximate surface area is 131 Å². The van der Waals surface area contributed by atoms with Crippen molar-refractivity contribution in [2.24, 2.45) is 0 Å². The molecule has 2 aromatic carbocycles. The Morgan fingerprint density at radius 2 is 1.76 bits per heavy atom. The van der Waals surface area contributed by atoms with Crippen molar-refractivity contribution < 1.29 is 9.90 Å². The molecule has 0 amide bonds. The zero-order chi connectivity index (χ0) is 15.4. The minimum absolute atomic E-state index is 0.0700. The summed E-state index contributed by atoms with van der Waals surface area (Å²) in [6.07, 6.45) is 2.71. The van der Waals surface area contributed by atoms with Crippen LogP contribution in [0.4, 0.5) is 0 Å². The quantitative estimate of drug-likeness (QED) is 0.688. The summed E-state index contributed by atoms with van der Waals surface area (Å²) < 4.78 is 0. The van der Waals surface area contributed by atoms with Gasteiger partial charge in [-0.15, -0.1) is 0 Å². The van der Waals surface area contributed by atoms with Gasteiger partial charge in [0.25, 0.3) is 0 Å². The molecule has 0 aliphatic heterocycles. The van der Waals surface area contributed by atoms with Gasteiger partial charge in [-0.05, 0) is 35.9 Å². The van der Waals surface area contributed by atoms with Gasteiger partial charge in [-0.2, -0.15) is 0 Å². The van der Waals surface area contributed by atoms with Gasteiger partial charge in [-0.1, -0.05) is 47.5 Å². The van der Waals surface area contributed by atoms with Crippen LogP contribution in [-0.4, -0.2) is 10.9 Å². The molecule has 0 aliphatic carbocycles. The first-order chi connectivity index (χ1) is 10.0. The van der Waals surface area contributed by atoms with Crippen LogP contribution in [0.1, 0.15) is 15.9 Å². The maximum Gasteiger partial charge on any atom is 0.220 e. The average molecular weight is 321 g/mol. The molecule has 0 fully saturated rings. The van der Waals surface area contributed by atoms with Gasteiger partial charge in [0, 0.05) is 0 Å². The van der Waals surface area contributed by atoms with E-state index in [1.54, 1.807) is 18.2 Å². The van der Waals surface area contributed by atoms with Crippen molar-refractivity contribution >= 4 is 35.1 Å². The maximum absolute atomic E-state index is 12.1. The molecule has 0 aliphatic rings. The van der Waals surface area contributed by atoms with E-state index in [-0.39, 0.29) is 5.56 Å². The Bertz CT molecular complexity index is 783. The first-order valence-electron chi connectivity index (χ1n) is 5.99. The maximum atomic E-state index is 12.1. The number of ketones is 1. The predicted molar refractivity (Wildman–Crippen MR) is 84.2 cm³/mol. The van der Waals surface area contributed by atoms with E-state index < -0.39 is 17.0 Å². The zero-order valence-corrected chi connectivity index (χ0v) is 12.2. The Kier molecular flexibility index (Phi) is 4.78. The molecule has 0 aromatic heterocycles. The summed E-state index contributed by atoms with van der Waals surface area (Å²) in [5.41, 5.74) is -0.114. The van der Waals surface area contributed by atoms with Crippen molar-refractivity contribution in [2.75, 3.05) is 0 Å². The second kappa shape index (κ2) is 6.57. The number of halogens is 2. The van der Waals surface area contributed by atoms with Crippen LogP contribution in [0, 0.1) is 0 Å². The fourth-order valence-corrected chi connectivity index (χ4v) is 2.06. The van der Waals surface area contributed by atoms with Crippen LogP contribution in [0.3, 0.4) is 0 Å². The Hall–Kier alpha value is -2.10. The van der Waals surface area contributed by atoms with Gasteiger partial charge < -0.3 is 5.11 Å². The molecule has 21 heavy (non-hydrogen) atoms. The van der Waals surface area contributed by atoms with Gasteiger partial charge >= 0.3 is 0 Å². The smallest absolute Gasteiger partial charge is 0.220 e. The van der Waals surface area contributed by atoms with Crippen LogP contribution in [-0.2, 0) is 0 Å². The van der Waals surface area contributed by atoms with Crippen molar-refractivity contribution in [3.05, 3.63) is 79.9 Å². The Morgan fingerprint density at radius 1 is 1.05 bits per heavy atom. The van der Waals surface area contributed by atoms with E-state index in [9.17, 15) is 14.7 Å². The van der Waals surface area contributed by atoms with E-state index in [1.165, 1.54) is 36.4 Å². The molecule has 2 rings (SSSR count). The molecule has 0 bridgehead atoms. The lowest BCUT2D eigenvalue weighted by Gasteiger charge is -2.00. The third kappa shape index (κ3) is 3.51. The van der Waals surface area contributed by atoms with E-state index in [0.29, 0.717) is 15.6 Å². The van der Waals surface area contributed by atoms with E-state index in [4.69, 9.17) is 23.2 Å². The van der Waals surface area contributed by atoms with Gasteiger partial charge in [-0.25, -0.2) is 0 Å². The number of carbonyl (C=O) groups excluding carboxylic acids is 1. The third-order valence-electron chi connectivity index (χ3n) is 2.77. The number of rotatable bonds is 3. The topological polar surface area (TPSA) is 54.4 Å². The molecule has 5 heteroatoms. The normalized spacial score (nSPS) is 10.8. The van der Waals surface area contributed by atoms with Crippen molar-refractivity contribution in [2.45, 2.75) is 0 Å². The fraction of sp³-hybridized carbons (Fsp3) is 0. The number of allylic oxidation sites excluding steroid dienone is 1. The van der Waals surface area contributed by atoms with E-state index in [0.717, 1.165) is 0 Å². The third-order valence-corrected chi connectivity index (χ3v) is 3.60. The van der Waals surface area contributed by atoms with Crippen LogP contribution in [0.25, 0.3) is 6.08 Å². The molecule has 0 unspecified atom stereocenters. The summed E-state index contributed by atoms with van der Waals surface area (Å²) in [6.45, 7) is 0. The van der Waals surface area contributed by atoms with Gasteiger partial charge in [-0.3, -0.25) is 9.59 Å². The van der Waals surface area contributed by atoms with Crippen LogP contribution in [0.2, 0.25) is 10.0 Å². The monoisotopic (exact) mass is 320 g/mol. The average Bonchev–Trinajstić information content (AvgIpc) is 2.63. The van der Waals surface area contributed by atoms with E-state index >= 15 is 0 Å². The highest BCUT2D eigenvalue weighted by Gasteiger charge is 2.09. The number of hydrogen-bond donors (Lipinski definition) is 1. The number of aromatic hydroxyl groups is 1. The highest BCUT2D eigenvalue weighted by atomic mass is 35.5. The number of carbonyl (C=O) groups is 1. The lowest BCUT2D eigenvalue weighted by Crippen LogP contribution is -2.01. The van der Waals surface area contributed by atoms with Gasteiger partial charge in [0.15, 0.2) is 11.5 Å². The molecule has 0 saturated carbocycles. The summed E-state index contributed by atoms with van der Waals surface area (Å²) in [6, 6.07) is 10.6. The van der Waals surface area contributed by atoms with Crippen LogP contribution in [0.5, 0.6) is 5.75 Å². The molecule has 1 N–H and O–H groups in total. The lowest BCUT2D eigenvalue weighted by molar-refractivity contribution is 0.104. The van der Waals surface area contributed by atoms with Crippen molar-refractivity contribution in [1.82, 2.24) is 0 Å². The van der Waals surface area contributed by atoms with Crippen LogP contribution < -0.4 is 5.43 Å². The highest BCUT2D eigenvalue weighted by molar-refractivity contribution is 6.42. The summed E-state index contributed by atoms with van der Waals surface area (Å²) in [7, 11) is 0. The molecule has 3 nitrogen and oxygen atoms in total. The zero-order valence-electron chi connectivity index (χ0n) is 10.7. The summed E-state index contributed by atoms with van der Waals surface area (Å²) in [5.74, 6) is -1.08. The largest absolute Gasteiger partial charge is 0.504 e. The molecule has 106 valence electrons. The Balaban J connectivity index is 2.37. The van der Waals surface area contributed by atoms with Crippen molar-refractivity contribution in [1.29, 1.82) is 0 Å². The minimum atomic E-state index is -0.613. The first-order valence-corrected chi connectivity index (χ1v) is 6.75. The summed E-state index contributed by atoms with van der Waals surface area (Å²) >= 11 is 11.9. The number of hydrogen-bond acceptors (Lipinski definition) is 3. The fourth-order valence-electron chi connectivity index (χ4n) is 1.69.